The van der Waals surface area contributed by atoms with Crippen molar-refractivity contribution in [2.45, 2.75) is 0 Å². The molecule has 0 aromatic heterocycles. The summed E-state index contributed by atoms with van der Waals surface area (Å²) in [4.78, 5) is 41.9. The van der Waals surface area contributed by atoms with E-state index in [4.69, 9.17) is 21.1 Å². The maximum atomic E-state index is 13.1. The molecule has 0 spiro atoms. The van der Waals surface area contributed by atoms with Crippen molar-refractivity contribution in [3.63, 3.8) is 0 Å². The lowest BCUT2D eigenvalue weighted by Gasteiger charge is -2.37. The second kappa shape index (κ2) is 11.1. The van der Waals surface area contributed by atoms with Crippen molar-refractivity contribution in [1.82, 2.24) is 4.90 Å². The summed E-state index contributed by atoms with van der Waals surface area (Å²) in [5, 5.41) is 3.21. The van der Waals surface area contributed by atoms with Crippen molar-refractivity contribution in [3.8, 4) is 5.75 Å². The van der Waals surface area contributed by atoms with Crippen LogP contribution in [0, 0.1) is 0 Å². The number of piperazine rings is 1. The second-order valence-electron chi connectivity index (χ2n) is 8.17. The molecule has 2 amide bonds. The van der Waals surface area contributed by atoms with Crippen LogP contribution in [0.1, 0.15) is 31.1 Å². The van der Waals surface area contributed by atoms with Gasteiger partial charge in [-0.15, -0.1) is 0 Å². The maximum absolute atomic E-state index is 13.1. The van der Waals surface area contributed by atoms with E-state index in [-0.39, 0.29) is 11.8 Å². The number of carbonyl (C=O) groups excluding carboxylic acids is 3. The van der Waals surface area contributed by atoms with E-state index in [1.165, 1.54) is 20.3 Å². The topological polar surface area (TPSA) is 88.2 Å². The predicted octanol–water partition coefficient (Wildman–Crippen LogP) is 4.35. The van der Waals surface area contributed by atoms with Crippen LogP contribution in [0.15, 0.2) is 66.7 Å². The van der Waals surface area contributed by atoms with Gasteiger partial charge in [-0.1, -0.05) is 29.8 Å². The molecule has 1 fully saturated rings. The highest BCUT2D eigenvalue weighted by molar-refractivity contribution is 6.32. The van der Waals surface area contributed by atoms with Crippen LogP contribution >= 0.6 is 11.6 Å². The molecule has 186 valence electrons. The number of halogens is 1. The summed E-state index contributed by atoms with van der Waals surface area (Å²) in [7, 11) is 2.80. The Morgan fingerprint density at radius 3 is 2.17 bits per heavy atom. The van der Waals surface area contributed by atoms with Crippen molar-refractivity contribution in [2.75, 3.05) is 50.6 Å². The number of esters is 1. The van der Waals surface area contributed by atoms with Crippen LogP contribution in [0.5, 0.6) is 5.75 Å². The lowest BCUT2D eigenvalue weighted by atomic mass is 10.1. The summed E-state index contributed by atoms with van der Waals surface area (Å²) in [6, 6.07) is 18.9. The second-order valence-corrected chi connectivity index (χ2v) is 8.58. The fraction of sp³-hybridized carbons (Fsp3) is 0.222. The standard InChI is InChI=1S/C27H26ClN3O5/c1-35-24-11-9-19(16-21(24)28)25(32)29-22-17-20(27(34)36-2)8-10-23(22)30-12-14-31(15-13-30)26(33)18-6-4-3-5-7-18/h3-11,16-17H,12-15H2,1-2H3,(H,29,32). The molecule has 1 aliphatic rings. The van der Waals surface area contributed by atoms with E-state index < -0.39 is 5.97 Å². The van der Waals surface area contributed by atoms with Gasteiger partial charge in [0.1, 0.15) is 5.75 Å². The quantitative estimate of drug-likeness (QED) is 0.499. The number of anilines is 2. The van der Waals surface area contributed by atoms with Crippen molar-refractivity contribution in [1.29, 1.82) is 0 Å². The number of amides is 2. The lowest BCUT2D eigenvalue weighted by Crippen LogP contribution is -2.49. The minimum atomic E-state index is -0.511. The molecule has 3 aromatic carbocycles. The normalized spacial score (nSPS) is 13.2. The van der Waals surface area contributed by atoms with Gasteiger partial charge < -0.3 is 24.6 Å². The molecule has 1 N–H and O–H groups in total. The third kappa shape index (κ3) is 5.44. The highest BCUT2D eigenvalue weighted by Crippen LogP contribution is 2.30. The van der Waals surface area contributed by atoms with Crippen LogP contribution in [-0.4, -0.2) is 63.1 Å². The summed E-state index contributed by atoms with van der Waals surface area (Å²) < 4.78 is 10.0. The van der Waals surface area contributed by atoms with Gasteiger partial charge in [-0.2, -0.15) is 0 Å². The van der Waals surface area contributed by atoms with E-state index in [0.29, 0.717) is 59.3 Å². The van der Waals surface area contributed by atoms with Gasteiger partial charge in [0.25, 0.3) is 11.8 Å². The van der Waals surface area contributed by atoms with Gasteiger partial charge in [-0.05, 0) is 48.5 Å². The summed E-state index contributed by atoms with van der Waals surface area (Å²) in [5.74, 6) is -0.450. The van der Waals surface area contributed by atoms with Crippen molar-refractivity contribution in [3.05, 3.63) is 88.4 Å². The SMILES string of the molecule is COC(=O)c1ccc(N2CCN(C(=O)c3ccccc3)CC2)c(NC(=O)c2ccc(OC)c(Cl)c2)c1. The van der Waals surface area contributed by atoms with Crippen LogP contribution in [0.2, 0.25) is 5.02 Å². The zero-order valence-corrected chi connectivity index (χ0v) is 20.7. The number of hydrogen-bond donors (Lipinski definition) is 1. The van der Waals surface area contributed by atoms with Gasteiger partial charge >= 0.3 is 5.97 Å². The van der Waals surface area contributed by atoms with E-state index in [1.807, 2.05) is 23.1 Å². The first kappa shape index (κ1) is 25.1. The monoisotopic (exact) mass is 507 g/mol. The first-order valence-electron chi connectivity index (χ1n) is 11.4. The molecule has 0 unspecified atom stereocenters. The summed E-state index contributed by atoms with van der Waals surface area (Å²) in [6.07, 6.45) is 0. The molecule has 3 aromatic rings. The Hall–Kier alpha value is -4.04. The highest BCUT2D eigenvalue weighted by Gasteiger charge is 2.25. The molecule has 0 bridgehead atoms. The molecular formula is C27H26ClN3O5. The number of carbonyl (C=O) groups is 3. The van der Waals surface area contributed by atoms with E-state index in [0.717, 1.165) is 5.69 Å². The van der Waals surface area contributed by atoms with Gasteiger partial charge in [0.15, 0.2) is 0 Å². The van der Waals surface area contributed by atoms with E-state index in [1.54, 1.807) is 42.5 Å². The molecule has 0 radical (unpaired) electrons. The smallest absolute Gasteiger partial charge is 0.337 e. The van der Waals surface area contributed by atoms with Crippen molar-refractivity contribution < 1.29 is 23.9 Å². The number of rotatable bonds is 6. The Morgan fingerprint density at radius 1 is 0.833 bits per heavy atom. The predicted molar refractivity (Wildman–Crippen MR) is 138 cm³/mol. The average Bonchev–Trinajstić information content (AvgIpc) is 2.92. The highest BCUT2D eigenvalue weighted by atomic mass is 35.5. The first-order valence-corrected chi connectivity index (χ1v) is 11.8. The third-order valence-electron chi connectivity index (χ3n) is 6.01. The Morgan fingerprint density at radius 2 is 1.53 bits per heavy atom. The van der Waals surface area contributed by atoms with Gasteiger partial charge in [0, 0.05) is 37.3 Å². The molecule has 0 atom stereocenters. The van der Waals surface area contributed by atoms with Crippen LogP contribution < -0.4 is 15.0 Å². The number of nitrogens with zero attached hydrogens (tertiary/aromatic N) is 2. The number of benzene rings is 3. The molecule has 1 heterocycles. The molecule has 9 heteroatoms. The third-order valence-corrected chi connectivity index (χ3v) is 6.30. The van der Waals surface area contributed by atoms with Gasteiger partial charge in [0.05, 0.1) is 36.2 Å². The van der Waals surface area contributed by atoms with Crippen LogP contribution in [0.25, 0.3) is 0 Å². The lowest BCUT2D eigenvalue weighted by molar-refractivity contribution is 0.0600. The first-order chi connectivity index (χ1) is 17.4. The Bertz CT molecular complexity index is 1270. The van der Waals surface area contributed by atoms with E-state index in [9.17, 15) is 14.4 Å². The fourth-order valence-electron chi connectivity index (χ4n) is 4.07. The molecule has 1 saturated heterocycles. The van der Waals surface area contributed by atoms with E-state index >= 15 is 0 Å². The summed E-state index contributed by atoms with van der Waals surface area (Å²) >= 11 is 6.19. The number of ether oxygens (including phenoxy) is 2. The van der Waals surface area contributed by atoms with Crippen LogP contribution in [0.3, 0.4) is 0 Å². The summed E-state index contributed by atoms with van der Waals surface area (Å²) in [6.45, 7) is 2.17. The molecule has 36 heavy (non-hydrogen) atoms. The number of hydrogen-bond acceptors (Lipinski definition) is 6. The zero-order chi connectivity index (χ0) is 25.7. The number of nitrogens with one attached hydrogen (secondary N) is 1. The Kier molecular flexibility index (Phi) is 7.75. The Balaban J connectivity index is 1.55. The van der Waals surface area contributed by atoms with Crippen molar-refractivity contribution in [2.24, 2.45) is 0 Å². The largest absolute Gasteiger partial charge is 0.495 e. The minimum Gasteiger partial charge on any atom is -0.495 e. The maximum Gasteiger partial charge on any atom is 0.337 e. The van der Waals surface area contributed by atoms with Crippen LogP contribution in [0.4, 0.5) is 11.4 Å². The Labute approximate surface area is 214 Å². The molecule has 1 aliphatic heterocycles. The minimum absolute atomic E-state index is 0.0128. The van der Waals surface area contributed by atoms with E-state index in [2.05, 4.69) is 10.2 Å². The fourth-order valence-corrected chi connectivity index (χ4v) is 4.33. The summed E-state index contributed by atoms with van der Waals surface area (Å²) in [5.41, 5.74) is 2.50. The molecule has 8 nitrogen and oxygen atoms in total. The number of methoxy groups -OCH3 is 2. The van der Waals surface area contributed by atoms with Gasteiger partial charge in [-0.25, -0.2) is 4.79 Å². The van der Waals surface area contributed by atoms with Crippen molar-refractivity contribution >= 4 is 40.8 Å². The van der Waals surface area contributed by atoms with Crippen LogP contribution in [-0.2, 0) is 4.74 Å². The zero-order valence-electron chi connectivity index (χ0n) is 20.0. The van der Waals surface area contributed by atoms with Gasteiger partial charge in [0.2, 0.25) is 0 Å². The molecule has 0 aliphatic carbocycles. The van der Waals surface area contributed by atoms with Gasteiger partial charge in [-0.3, -0.25) is 9.59 Å². The molecular weight excluding hydrogens is 482 g/mol. The molecule has 0 saturated carbocycles. The average molecular weight is 508 g/mol. The molecule has 4 rings (SSSR count).